The van der Waals surface area contributed by atoms with Gasteiger partial charge in [0.1, 0.15) is 11.5 Å². The molecule has 8 nitrogen and oxygen atoms in total. The highest BCUT2D eigenvalue weighted by Crippen LogP contribution is 2.32. The third-order valence-electron chi connectivity index (χ3n) is 3.96. The number of rotatable bonds is 11. The Morgan fingerprint density at radius 2 is 1.96 bits per heavy atom. The van der Waals surface area contributed by atoms with Crippen molar-refractivity contribution in [3.8, 4) is 23.0 Å². The highest BCUT2D eigenvalue weighted by molar-refractivity contribution is 7.84. The van der Waals surface area contributed by atoms with Gasteiger partial charge in [-0.3, -0.25) is 9.00 Å². The summed E-state index contributed by atoms with van der Waals surface area (Å²) in [5.74, 6) is 1.95. The second kappa shape index (κ2) is 10.8. The summed E-state index contributed by atoms with van der Waals surface area (Å²) in [6.45, 7) is 2.82. The van der Waals surface area contributed by atoms with Gasteiger partial charge in [0.25, 0.3) is 0 Å². The van der Waals surface area contributed by atoms with Gasteiger partial charge in [-0.1, -0.05) is 0 Å². The Balaban J connectivity index is 2.00. The Kier molecular flexibility index (Phi) is 8.46. The van der Waals surface area contributed by atoms with Gasteiger partial charge in [-0.05, 0) is 31.5 Å². The Labute approximate surface area is 167 Å². The van der Waals surface area contributed by atoms with E-state index in [2.05, 4.69) is 10.3 Å². The molecule has 0 unspecified atom stereocenters. The zero-order chi connectivity index (χ0) is 20.5. The van der Waals surface area contributed by atoms with Gasteiger partial charge in [0.05, 0.1) is 25.7 Å². The van der Waals surface area contributed by atoms with E-state index in [4.69, 9.17) is 18.6 Å². The van der Waals surface area contributed by atoms with Gasteiger partial charge in [-0.25, -0.2) is 4.98 Å². The molecule has 1 aromatic heterocycles. The van der Waals surface area contributed by atoms with Crippen LogP contribution in [0.1, 0.15) is 17.9 Å². The zero-order valence-corrected chi connectivity index (χ0v) is 17.4. The second-order valence-electron chi connectivity index (χ2n) is 6.02. The molecule has 0 aliphatic carbocycles. The lowest BCUT2D eigenvalue weighted by molar-refractivity contribution is -0.118. The number of benzene rings is 1. The molecule has 28 heavy (non-hydrogen) atoms. The number of amides is 1. The predicted octanol–water partition coefficient (Wildman–Crippen LogP) is 2.07. The fraction of sp³-hybridized carbons (Fsp3) is 0.474. The average molecular weight is 410 g/mol. The first-order chi connectivity index (χ1) is 13.5. The number of aromatic nitrogens is 1. The van der Waals surface area contributed by atoms with E-state index in [1.807, 2.05) is 0 Å². The molecular weight excluding hydrogens is 384 g/mol. The predicted molar refractivity (Wildman–Crippen MR) is 106 cm³/mol. The van der Waals surface area contributed by atoms with Gasteiger partial charge in [-0.15, -0.1) is 0 Å². The number of nitrogens with one attached hydrogen (secondary N) is 1. The van der Waals surface area contributed by atoms with Crippen molar-refractivity contribution in [2.45, 2.75) is 19.1 Å². The first-order valence-corrected chi connectivity index (χ1v) is 10.3. The van der Waals surface area contributed by atoms with E-state index in [1.165, 1.54) is 0 Å². The first kappa shape index (κ1) is 21.9. The van der Waals surface area contributed by atoms with Crippen molar-refractivity contribution in [2.24, 2.45) is 0 Å². The maximum atomic E-state index is 12.3. The zero-order valence-electron chi connectivity index (χ0n) is 16.6. The second-order valence-corrected chi connectivity index (χ2v) is 7.47. The molecule has 154 valence electrons. The van der Waals surface area contributed by atoms with E-state index in [1.54, 1.807) is 46.5 Å². The van der Waals surface area contributed by atoms with E-state index in [9.17, 15) is 9.00 Å². The summed E-state index contributed by atoms with van der Waals surface area (Å²) in [6, 6.07) is 5.33. The monoisotopic (exact) mass is 410 g/mol. The molecule has 0 saturated heterocycles. The molecule has 9 heteroatoms. The number of aryl methyl sites for hydroxylation is 1. The summed E-state index contributed by atoms with van der Waals surface area (Å²) >= 11 is 0. The number of nitrogens with zero attached hydrogens (tertiary/aromatic N) is 1. The third-order valence-corrected chi connectivity index (χ3v) is 5.14. The molecule has 1 atom stereocenters. The van der Waals surface area contributed by atoms with Crippen LogP contribution in [-0.4, -0.2) is 55.3 Å². The van der Waals surface area contributed by atoms with Gasteiger partial charge in [-0.2, -0.15) is 0 Å². The molecule has 2 aromatic rings. The smallest absolute Gasteiger partial charge is 0.232 e. The largest absolute Gasteiger partial charge is 0.493 e. The van der Waals surface area contributed by atoms with Crippen LogP contribution in [0.3, 0.4) is 0 Å². The van der Waals surface area contributed by atoms with Crippen LogP contribution < -0.4 is 14.8 Å². The quantitative estimate of drug-likeness (QED) is 0.566. The lowest BCUT2D eigenvalue weighted by atomic mass is 10.2. The Bertz CT molecular complexity index is 821. The molecule has 0 radical (unpaired) electrons. The van der Waals surface area contributed by atoms with Crippen LogP contribution in [0, 0.1) is 6.92 Å². The minimum absolute atomic E-state index is 0.0784. The van der Waals surface area contributed by atoms with E-state index in [-0.39, 0.29) is 17.4 Å². The molecule has 2 rings (SSSR count). The van der Waals surface area contributed by atoms with Crippen molar-refractivity contribution in [1.29, 1.82) is 0 Å². The average Bonchev–Trinajstić information content (AvgIpc) is 3.04. The van der Waals surface area contributed by atoms with Crippen LogP contribution in [0.4, 0.5) is 0 Å². The number of ether oxygens (including phenoxy) is 3. The molecule has 0 saturated carbocycles. The molecule has 0 aliphatic heterocycles. The maximum Gasteiger partial charge on any atom is 0.232 e. The molecule has 0 bridgehead atoms. The Morgan fingerprint density at radius 3 is 2.64 bits per heavy atom. The van der Waals surface area contributed by atoms with Gasteiger partial charge in [0.15, 0.2) is 11.5 Å². The molecule has 0 aliphatic rings. The standard InChI is InChI=1S/C19H26N2O6S/c1-13-15(11-28(23)12-18(22)20-8-5-9-24-2)21-19(27-13)14-6-7-16(25-3)17(10-14)26-4/h6-7,10H,5,8-9,11-12H2,1-4H3,(H,20,22)/t28-/m0/s1. The highest BCUT2D eigenvalue weighted by Gasteiger charge is 2.17. The van der Waals surface area contributed by atoms with Crippen LogP contribution >= 0.6 is 0 Å². The molecule has 1 N–H and O–H groups in total. The summed E-state index contributed by atoms with van der Waals surface area (Å²) < 4.78 is 33.5. The summed E-state index contributed by atoms with van der Waals surface area (Å²) in [6.07, 6.45) is 0.714. The van der Waals surface area contributed by atoms with Crippen molar-refractivity contribution < 1.29 is 27.6 Å². The molecule has 0 fully saturated rings. The normalized spacial score (nSPS) is 11.9. The molecule has 1 heterocycles. The summed E-state index contributed by atoms with van der Waals surface area (Å²) in [4.78, 5) is 16.3. The van der Waals surface area contributed by atoms with Crippen LogP contribution in [-0.2, 0) is 26.1 Å². The summed E-state index contributed by atoms with van der Waals surface area (Å²) in [5, 5.41) is 2.72. The van der Waals surface area contributed by atoms with Gasteiger partial charge < -0.3 is 23.9 Å². The number of methoxy groups -OCH3 is 3. The molecular formula is C19H26N2O6S. The number of oxazole rings is 1. The molecule has 1 aromatic carbocycles. The number of hydrogen-bond acceptors (Lipinski definition) is 7. The topological polar surface area (TPSA) is 99.9 Å². The minimum Gasteiger partial charge on any atom is -0.493 e. The van der Waals surface area contributed by atoms with Gasteiger partial charge >= 0.3 is 0 Å². The van der Waals surface area contributed by atoms with Crippen LogP contribution in [0.5, 0.6) is 11.5 Å². The van der Waals surface area contributed by atoms with Gasteiger partial charge in [0, 0.05) is 36.6 Å². The Hall–Kier alpha value is -2.39. The van der Waals surface area contributed by atoms with E-state index in [0.717, 1.165) is 0 Å². The lowest BCUT2D eigenvalue weighted by Crippen LogP contribution is -2.30. The van der Waals surface area contributed by atoms with Crippen molar-refractivity contribution in [3.63, 3.8) is 0 Å². The van der Waals surface area contributed by atoms with E-state index in [0.29, 0.717) is 54.0 Å². The first-order valence-electron chi connectivity index (χ1n) is 8.77. The molecule has 0 spiro atoms. The van der Waals surface area contributed by atoms with E-state index < -0.39 is 10.8 Å². The summed E-state index contributed by atoms with van der Waals surface area (Å²) in [7, 11) is 3.34. The molecule has 1 amide bonds. The number of hydrogen-bond donors (Lipinski definition) is 1. The number of carbonyl (C=O) groups excluding carboxylic acids is 1. The highest BCUT2D eigenvalue weighted by atomic mass is 32.2. The van der Waals surface area contributed by atoms with Crippen molar-refractivity contribution in [2.75, 3.05) is 40.2 Å². The summed E-state index contributed by atoms with van der Waals surface area (Å²) in [5.41, 5.74) is 1.28. The van der Waals surface area contributed by atoms with Crippen LogP contribution in [0.15, 0.2) is 22.6 Å². The Morgan fingerprint density at radius 1 is 1.21 bits per heavy atom. The van der Waals surface area contributed by atoms with E-state index >= 15 is 0 Å². The SMILES string of the molecule is COCCCNC(=O)C[S@@](=O)Cc1nc(-c2ccc(OC)c(OC)c2)oc1C. The fourth-order valence-corrected chi connectivity index (χ4v) is 3.57. The van der Waals surface area contributed by atoms with Crippen molar-refractivity contribution >= 4 is 16.7 Å². The number of carbonyl (C=O) groups is 1. The minimum atomic E-state index is -1.38. The fourth-order valence-electron chi connectivity index (χ4n) is 2.50. The van der Waals surface area contributed by atoms with Crippen molar-refractivity contribution in [1.82, 2.24) is 10.3 Å². The van der Waals surface area contributed by atoms with Crippen molar-refractivity contribution in [3.05, 3.63) is 29.7 Å². The maximum absolute atomic E-state index is 12.3. The lowest BCUT2D eigenvalue weighted by Gasteiger charge is -2.07. The van der Waals surface area contributed by atoms with Crippen LogP contribution in [0.2, 0.25) is 0 Å². The van der Waals surface area contributed by atoms with Gasteiger partial charge in [0.2, 0.25) is 11.8 Å². The third kappa shape index (κ3) is 6.07. The van der Waals surface area contributed by atoms with Crippen LogP contribution in [0.25, 0.3) is 11.5 Å².